The second kappa shape index (κ2) is 7.83. The Kier molecular flexibility index (Phi) is 4.86. The number of hydrogen-bond acceptors (Lipinski definition) is 4. The largest absolute Gasteiger partial charge is 0.345 e. The van der Waals surface area contributed by atoms with E-state index in [1.54, 1.807) is 17.2 Å². The number of rotatable bonds is 6. The first kappa shape index (κ1) is 19.2. The van der Waals surface area contributed by atoms with Crippen LogP contribution in [-0.4, -0.2) is 30.5 Å². The van der Waals surface area contributed by atoms with E-state index in [-0.39, 0.29) is 5.91 Å². The lowest BCUT2D eigenvalue weighted by molar-refractivity contribution is 0.0950. The van der Waals surface area contributed by atoms with Crippen molar-refractivity contribution in [3.05, 3.63) is 83.6 Å². The van der Waals surface area contributed by atoms with Crippen LogP contribution >= 0.6 is 0 Å². The van der Waals surface area contributed by atoms with Gasteiger partial charge in [0.2, 0.25) is 0 Å². The number of para-hydroxylation sites is 1. The third-order valence-corrected chi connectivity index (χ3v) is 5.61. The number of benzene rings is 2. The van der Waals surface area contributed by atoms with Gasteiger partial charge in [0.1, 0.15) is 12.0 Å². The number of amides is 1. The summed E-state index contributed by atoms with van der Waals surface area (Å²) in [5.41, 5.74) is 5.32. The lowest BCUT2D eigenvalue weighted by Gasteiger charge is -2.08. The highest BCUT2D eigenvalue weighted by Crippen LogP contribution is 2.35. The molecule has 0 radical (unpaired) electrons. The van der Waals surface area contributed by atoms with Crippen molar-refractivity contribution >= 4 is 5.91 Å². The molecule has 1 aliphatic carbocycles. The summed E-state index contributed by atoms with van der Waals surface area (Å²) < 4.78 is 3.81. The SMILES string of the molecule is Cc1ccc(-c2nn(-c3ccccc3)cc2C(=O)NCc2nncn2C2CC2)c(C)c1. The number of aromatic nitrogens is 5. The van der Waals surface area contributed by atoms with Gasteiger partial charge >= 0.3 is 0 Å². The van der Waals surface area contributed by atoms with Crippen LogP contribution in [0.5, 0.6) is 0 Å². The zero-order valence-corrected chi connectivity index (χ0v) is 17.6. The van der Waals surface area contributed by atoms with Crippen molar-refractivity contribution in [1.29, 1.82) is 0 Å². The van der Waals surface area contributed by atoms with Crippen LogP contribution in [0.3, 0.4) is 0 Å². The van der Waals surface area contributed by atoms with Gasteiger partial charge in [-0.1, -0.05) is 42.0 Å². The summed E-state index contributed by atoms with van der Waals surface area (Å²) in [6.07, 6.45) is 5.82. The smallest absolute Gasteiger partial charge is 0.255 e. The van der Waals surface area contributed by atoms with Gasteiger partial charge in [-0.15, -0.1) is 10.2 Å². The number of nitrogens with zero attached hydrogens (tertiary/aromatic N) is 5. The molecule has 2 aromatic heterocycles. The minimum Gasteiger partial charge on any atom is -0.345 e. The fourth-order valence-corrected chi connectivity index (χ4v) is 3.84. The molecular weight excluding hydrogens is 388 g/mol. The maximum absolute atomic E-state index is 13.2. The van der Waals surface area contributed by atoms with E-state index >= 15 is 0 Å². The molecular formula is C24H24N6O. The van der Waals surface area contributed by atoms with Crippen molar-refractivity contribution in [3.8, 4) is 16.9 Å². The van der Waals surface area contributed by atoms with Crippen LogP contribution < -0.4 is 5.32 Å². The first-order valence-corrected chi connectivity index (χ1v) is 10.5. The normalized spacial score (nSPS) is 13.4. The monoisotopic (exact) mass is 412 g/mol. The number of carbonyl (C=O) groups excluding carboxylic acids is 1. The lowest BCUT2D eigenvalue weighted by Crippen LogP contribution is -2.25. The highest BCUT2D eigenvalue weighted by atomic mass is 16.1. The number of aryl methyl sites for hydroxylation is 2. The second-order valence-corrected chi connectivity index (χ2v) is 8.06. The lowest BCUT2D eigenvalue weighted by atomic mass is 10.0. The van der Waals surface area contributed by atoms with Crippen molar-refractivity contribution in [2.75, 3.05) is 0 Å². The Balaban J connectivity index is 1.49. The zero-order chi connectivity index (χ0) is 21.4. The van der Waals surface area contributed by atoms with Crippen LogP contribution in [0.4, 0.5) is 0 Å². The van der Waals surface area contributed by atoms with Gasteiger partial charge in [-0.25, -0.2) is 4.68 Å². The highest BCUT2D eigenvalue weighted by molar-refractivity contribution is 6.00. The number of hydrogen-bond donors (Lipinski definition) is 1. The third-order valence-electron chi connectivity index (χ3n) is 5.61. The molecule has 1 fully saturated rings. The summed E-state index contributed by atoms with van der Waals surface area (Å²) in [4.78, 5) is 13.2. The van der Waals surface area contributed by atoms with Crippen molar-refractivity contribution in [2.24, 2.45) is 0 Å². The molecule has 0 atom stereocenters. The molecule has 5 rings (SSSR count). The van der Waals surface area contributed by atoms with Crippen molar-refractivity contribution in [1.82, 2.24) is 29.9 Å². The summed E-state index contributed by atoms with van der Waals surface area (Å²) in [7, 11) is 0. The Morgan fingerprint density at radius 3 is 2.68 bits per heavy atom. The average molecular weight is 412 g/mol. The molecule has 156 valence electrons. The van der Waals surface area contributed by atoms with E-state index < -0.39 is 0 Å². The van der Waals surface area contributed by atoms with Crippen LogP contribution in [0.25, 0.3) is 16.9 Å². The molecule has 0 bridgehead atoms. The first-order chi connectivity index (χ1) is 15.1. The van der Waals surface area contributed by atoms with E-state index in [0.717, 1.165) is 35.5 Å². The Morgan fingerprint density at radius 2 is 1.94 bits per heavy atom. The van der Waals surface area contributed by atoms with E-state index in [4.69, 9.17) is 5.10 Å². The van der Waals surface area contributed by atoms with E-state index in [1.165, 1.54) is 5.56 Å². The Hall–Kier alpha value is -3.74. The molecule has 1 amide bonds. The fourth-order valence-electron chi connectivity index (χ4n) is 3.84. The summed E-state index contributed by atoms with van der Waals surface area (Å²) >= 11 is 0. The molecule has 4 aromatic rings. The molecule has 0 saturated heterocycles. The molecule has 1 saturated carbocycles. The average Bonchev–Trinajstić information content (AvgIpc) is 3.34. The summed E-state index contributed by atoms with van der Waals surface area (Å²) in [6.45, 7) is 4.44. The van der Waals surface area contributed by atoms with Crippen LogP contribution in [0.15, 0.2) is 61.1 Å². The van der Waals surface area contributed by atoms with Crippen molar-refractivity contribution in [3.63, 3.8) is 0 Å². The van der Waals surface area contributed by atoms with Crippen LogP contribution in [0.2, 0.25) is 0 Å². The standard InChI is InChI=1S/C24H24N6O/c1-16-8-11-20(17(2)12-16)23-21(14-30(28-23)19-6-4-3-5-7-19)24(31)25-13-22-27-26-15-29(22)18-9-10-18/h3-8,11-12,14-15,18H,9-10,13H2,1-2H3,(H,25,31). The van der Waals surface area contributed by atoms with Crippen molar-refractivity contribution < 1.29 is 4.79 Å². The first-order valence-electron chi connectivity index (χ1n) is 10.5. The van der Waals surface area contributed by atoms with Crippen LogP contribution in [0, 0.1) is 13.8 Å². The second-order valence-electron chi connectivity index (χ2n) is 8.06. The molecule has 0 unspecified atom stereocenters. The Labute approximate surface area is 180 Å². The zero-order valence-electron chi connectivity index (χ0n) is 17.6. The molecule has 31 heavy (non-hydrogen) atoms. The molecule has 7 nitrogen and oxygen atoms in total. The highest BCUT2D eigenvalue weighted by Gasteiger charge is 2.26. The quantitative estimate of drug-likeness (QED) is 0.519. The van der Waals surface area contributed by atoms with E-state index in [0.29, 0.717) is 23.8 Å². The van der Waals surface area contributed by atoms with Gasteiger partial charge in [0.15, 0.2) is 5.82 Å². The van der Waals surface area contributed by atoms with E-state index in [2.05, 4.69) is 33.1 Å². The predicted octanol–water partition coefficient (Wildman–Crippen LogP) is 4.01. The maximum atomic E-state index is 13.2. The topological polar surface area (TPSA) is 77.6 Å². The minimum absolute atomic E-state index is 0.178. The van der Waals surface area contributed by atoms with E-state index in [9.17, 15) is 4.79 Å². The van der Waals surface area contributed by atoms with Gasteiger partial charge in [-0.3, -0.25) is 4.79 Å². The van der Waals surface area contributed by atoms with Gasteiger partial charge < -0.3 is 9.88 Å². The number of carbonyl (C=O) groups is 1. The third kappa shape index (κ3) is 3.86. The molecule has 2 heterocycles. The molecule has 7 heteroatoms. The maximum Gasteiger partial charge on any atom is 0.255 e. The summed E-state index contributed by atoms with van der Waals surface area (Å²) in [6, 6.07) is 16.5. The summed E-state index contributed by atoms with van der Waals surface area (Å²) in [5.74, 6) is 0.599. The van der Waals surface area contributed by atoms with Gasteiger partial charge in [0, 0.05) is 17.8 Å². The van der Waals surface area contributed by atoms with Gasteiger partial charge in [-0.2, -0.15) is 5.10 Å². The van der Waals surface area contributed by atoms with Crippen LogP contribution in [0.1, 0.15) is 46.2 Å². The molecule has 0 spiro atoms. The molecule has 0 aliphatic heterocycles. The van der Waals surface area contributed by atoms with Gasteiger partial charge in [-0.05, 0) is 44.4 Å². The van der Waals surface area contributed by atoms with Crippen molar-refractivity contribution in [2.45, 2.75) is 39.3 Å². The predicted molar refractivity (Wildman–Crippen MR) is 118 cm³/mol. The minimum atomic E-state index is -0.178. The number of nitrogens with one attached hydrogen (secondary N) is 1. The molecule has 1 aliphatic rings. The van der Waals surface area contributed by atoms with Gasteiger partial charge in [0.05, 0.1) is 17.8 Å². The Morgan fingerprint density at radius 1 is 1.13 bits per heavy atom. The van der Waals surface area contributed by atoms with Crippen LogP contribution in [-0.2, 0) is 6.54 Å². The Bertz CT molecular complexity index is 1240. The molecule has 1 N–H and O–H groups in total. The fraction of sp³-hybridized carbons (Fsp3) is 0.250. The van der Waals surface area contributed by atoms with E-state index in [1.807, 2.05) is 49.4 Å². The molecule has 2 aromatic carbocycles. The summed E-state index contributed by atoms with van der Waals surface area (Å²) in [5, 5.41) is 16.0. The van der Waals surface area contributed by atoms with Gasteiger partial charge in [0.25, 0.3) is 5.91 Å².